The second kappa shape index (κ2) is 6.35. The predicted molar refractivity (Wildman–Crippen MR) is 82.6 cm³/mol. The molecule has 1 aromatic carbocycles. The van der Waals surface area contributed by atoms with Crippen LogP contribution >= 0.6 is 34.8 Å². The number of nitrogens with one attached hydrogen (secondary N) is 1. The van der Waals surface area contributed by atoms with Crippen LogP contribution in [0.5, 0.6) is 0 Å². The van der Waals surface area contributed by atoms with Crippen LogP contribution in [0.2, 0.25) is 15.1 Å². The van der Waals surface area contributed by atoms with Gasteiger partial charge in [0.2, 0.25) is 5.91 Å². The first kappa shape index (κ1) is 15.0. The van der Waals surface area contributed by atoms with Gasteiger partial charge < -0.3 is 9.73 Å². The molecule has 1 amide bonds. The van der Waals surface area contributed by atoms with E-state index in [1.165, 1.54) is 18.2 Å². The Balaban J connectivity index is 2.08. The Labute approximate surface area is 131 Å². The molecule has 3 nitrogen and oxygen atoms in total. The van der Waals surface area contributed by atoms with Crippen LogP contribution in [0.4, 0.5) is 5.69 Å². The van der Waals surface area contributed by atoms with Gasteiger partial charge in [-0.25, -0.2) is 0 Å². The van der Waals surface area contributed by atoms with Crippen molar-refractivity contribution in [3.63, 3.8) is 0 Å². The number of amides is 1. The average molecular weight is 331 g/mol. The fraction of sp³-hybridized carbons (Fsp3) is 0.0714. The van der Waals surface area contributed by atoms with Gasteiger partial charge in [-0.15, -0.1) is 0 Å². The van der Waals surface area contributed by atoms with Crippen LogP contribution in [-0.4, -0.2) is 5.91 Å². The van der Waals surface area contributed by atoms with E-state index in [2.05, 4.69) is 5.32 Å². The third kappa shape index (κ3) is 3.79. The number of hydrogen-bond acceptors (Lipinski definition) is 2. The van der Waals surface area contributed by atoms with Crippen molar-refractivity contribution in [2.24, 2.45) is 0 Å². The zero-order chi connectivity index (χ0) is 14.7. The molecule has 0 aliphatic carbocycles. The lowest BCUT2D eigenvalue weighted by molar-refractivity contribution is -0.111. The van der Waals surface area contributed by atoms with Gasteiger partial charge in [-0.05, 0) is 37.3 Å². The van der Waals surface area contributed by atoms with Crippen LogP contribution in [-0.2, 0) is 4.79 Å². The molecule has 20 heavy (non-hydrogen) atoms. The van der Waals surface area contributed by atoms with Crippen molar-refractivity contribution < 1.29 is 9.21 Å². The first-order chi connectivity index (χ1) is 9.45. The molecule has 0 fully saturated rings. The summed E-state index contributed by atoms with van der Waals surface area (Å²) in [7, 11) is 0. The summed E-state index contributed by atoms with van der Waals surface area (Å²) in [6, 6.07) is 6.55. The second-order valence-electron chi connectivity index (χ2n) is 4.02. The molecule has 1 N–H and O–H groups in total. The second-order valence-corrected chi connectivity index (χ2v) is 5.24. The van der Waals surface area contributed by atoms with E-state index in [0.29, 0.717) is 26.5 Å². The summed E-state index contributed by atoms with van der Waals surface area (Å²) in [6.45, 7) is 1.83. The highest BCUT2D eigenvalue weighted by Gasteiger charge is 2.07. The zero-order valence-electron chi connectivity index (χ0n) is 10.4. The van der Waals surface area contributed by atoms with Crippen molar-refractivity contribution in [1.82, 2.24) is 0 Å². The fourth-order valence-corrected chi connectivity index (χ4v) is 2.09. The maximum atomic E-state index is 11.8. The van der Waals surface area contributed by atoms with Crippen molar-refractivity contribution in [3.8, 4) is 0 Å². The SMILES string of the molecule is Cc1ccc(/C=C/C(=O)Nc2cc(Cl)c(Cl)cc2Cl)o1. The van der Waals surface area contributed by atoms with Crippen LogP contribution in [0.3, 0.4) is 0 Å². The van der Waals surface area contributed by atoms with Crippen LogP contribution in [0.15, 0.2) is 34.8 Å². The lowest BCUT2D eigenvalue weighted by atomic mass is 10.3. The molecule has 0 spiro atoms. The number of halogens is 3. The molecule has 0 saturated carbocycles. The Morgan fingerprint density at radius 2 is 1.85 bits per heavy atom. The van der Waals surface area contributed by atoms with Gasteiger partial charge in [0.05, 0.1) is 20.8 Å². The van der Waals surface area contributed by atoms with Crippen molar-refractivity contribution in [3.05, 3.63) is 56.9 Å². The first-order valence-corrected chi connectivity index (χ1v) is 6.79. The molecule has 0 unspecified atom stereocenters. The van der Waals surface area contributed by atoms with Crippen molar-refractivity contribution in [2.45, 2.75) is 6.92 Å². The summed E-state index contributed by atoms with van der Waals surface area (Å²) in [4.78, 5) is 11.8. The number of furan rings is 1. The molecule has 0 aliphatic heterocycles. The normalized spacial score (nSPS) is 11.0. The van der Waals surface area contributed by atoms with Crippen LogP contribution < -0.4 is 5.32 Å². The molecule has 0 bridgehead atoms. The largest absolute Gasteiger partial charge is 0.462 e. The molecule has 104 valence electrons. The molecule has 6 heteroatoms. The number of aryl methyl sites for hydroxylation is 1. The molecule has 2 rings (SSSR count). The molecular formula is C14H10Cl3NO2. The topological polar surface area (TPSA) is 42.2 Å². The number of anilines is 1. The highest BCUT2D eigenvalue weighted by atomic mass is 35.5. The van der Waals surface area contributed by atoms with E-state index in [0.717, 1.165) is 5.76 Å². The average Bonchev–Trinajstić information content (AvgIpc) is 2.79. The number of rotatable bonds is 3. The van der Waals surface area contributed by atoms with Gasteiger partial charge in [-0.1, -0.05) is 34.8 Å². The van der Waals surface area contributed by atoms with Gasteiger partial charge in [-0.3, -0.25) is 4.79 Å². The van der Waals surface area contributed by atoms with Gasteiger partial charge in [-0.2, -0.15) is 0 Å². The van der Waals surface area contributed by atoms with Gasteiger partial charge in [0.1, 0.15) is 11.5 Å². The maximum absolute atomic E-state index is 11.8. The third-order valence-corrected chi connectivity index (χ3v) is 3.46. The van der Waals surface area contributed by atoms with Crippen LogP contribution in [0.25, 0.3) is 6.08 Å². The van der Waals surface area contributed by atoms with Crippen LogP contribution in [0, 0.1) is 6.92 Å². The highest BCUT2D eigenvalue weighted by molar-refractivity contribution is 6.44. The van der Waals surface area contributed by atoms with Crippen LogP contribution in [0.1, 0.15) is 11.5 Å². The number of benzene rings is 1. The highest BCUT2D eigenvalue weighted by Crippen LogP contribution is 2.32. The molecule has 0 aliphatic rings. The summed E-state index contributed by atoms with van der Waals surface area (Å²) in [5, 5.41) is 3.57. The molecular weight excluding hydrogens is 321 g/mol. The Morgan fingerprint density at radius 3 is 2.50 bits per heavy atom. The Morgan fingerprint density at radius 1 is 1.15 bits per heavy atom. The fourth-order valence-electron chi connectivity index (χ4n) is 1.49. The summed E-state index contributed by atoms with van der Waals surface area (Å²) in [6.07, 6.45) is 2.91. The number of carbonyl (C=O) groups is 1. The minimum atomic E-state index is -0.348. The van der Waals surface area contributed by atoms with Gasteiger partial charge in [0.25, 0.3) is 0 Å². The lowest BCUT2D eigenvalue weighted by Gasteiger charge is -2.06. The summed E-state index contributed by atoms with van der Waals surface area (Å²) < 4.78 is 5.31. The summed E-state index contributed by atoms with van der Waals surface area (Å²) >= 11 is 17.6. The standard InChI is InChI=1S/C14H10Cl3NO2/c1-8-2-3-9(20-8)4-5-14(19)18-13-7-11(16)10(15)6-12(13)17/h2-7H,1H3,(H,18,19)/b5-4+. The Hall–Kier alpha value is -1.42. The Bertz CT molecular complexity index is 677. The van der Waals surface area contributed by atoms with E-state index in [-0.39, 0.29) is 5.91 Å². The number of carbonyl (C=O) groups excluding carboxylic acids is 1. The van der Waals surface area contributed by atoms with E-state index in [9.17, 15) is 4.79 Å². The van der Waals surface area contributed by atoms with E-state index in [1.54, 1.807) is 12.1 Å². The van der Waals surface area contributed by atoms with E-state index in [4.69, 9.17) is 39.2 Å². The zero-order valence-corrected chi connectivity index (χ0v) is 12.7. The van der Waals surface area contributed by atoms with Crippen molar-refractivity contribution in [1.29, 1.82) is 0 Å². The molecule has 1 aromatic heterocycles. The number of hydrogen-bond donors (Lipinski definition) is 1. The Kier molecular flexibility index (Phi) is 4.76. The quantitative estimate of drug-likeness (QED) is 0.621. The maximum Gasteiger partial charge on any atom is 0.248 e. The van der Waals surface area contributed by atoms with Gasteiger partial charge >= 0.3 is 0 Å². The summed E-state index contributed by atoms with van der Waals surface area (Å²) in [5.41, 5.74) is 0.395. The first-order valence-electron chi connectivity index (χ1n) is 5.66. The van der Waals surface area contributed by atoms with E-state index >= 15 is 0 Å². The van der Waals surface area contributed by atoms with Crippen molar-refractivity contribution >= 4 is 52.5 Å². The van der Waals surface area contributed by atoms with E-state index in [1.807, 2.05) is 13.0 Å². The minimum Gasteiger partial charge on any atom is -0.462 e. The smallest absolute Gasteiger partial charge is 0.248 e. The monoisotopic (exact) mass is 329 g/mol. The van der Waals surface area contributed by atoms with Gasteiger partial charge in [0.15, 0.2) is 0 Å². The predicted octanol–water partition coefficient (Wildman–Crippen LogP) is 5.20. The summed E-state index contributed by atoms with van der Waals surface area (Å²) in [5.74, 6) is 1.02. The lowest BCUT2D eigenvalue weighted by Crippen LogP contribution is -2.08. The molecule has 0 radical (unpaired) electrons. The molecule has 0 saturated heterocycles. The third-order valence-electron chi connectivity index (χ3n) is 2.43. The van der Waals surface area contributed by atoms with Crippen molar-refractivity contribution in [2.75, 3.05) is 5.32 Å². The molecule has 2 aromatic rings. The van der Waals surface area contributed by atoms with Gasteiger partial charge in [0, 0.05) is 6.08 Å². The van der Waals surface area contributed by atoms with E-state index < -0.39 is 0 Å². The molecule has 0 atom stereocenters. The minimum absolute atomic E-state index is 0.315. The molecule has 1 heterocycles.